The molecule has 39 heavy (non-hydrogen) atoms. The van der Waals surface area contributed by atoms with Gasteiger partial charge in [-0.25, -0.2) is 9.37 Å². The van der Waals surface area contributed by atoms with E-state index in [0.717, 1.165) is 11.3 Å². The van der Waals surface area contributed by atoms with Crippen molar-refractivity contribution in [3.8, 4) is 5.69 Å². The van der Waals surface area contributed by atoms with Gasteiger partial charge in [0.2, 0.25) is 0 Å². The number of nitrogens with zero attached hydrogens (tertiary/aromatic N) is 3. The van der Waals surface area contributed by atoms with Gasteiger partial charge in [0.25, 0.3) is 5.56 Å². The summed E-state index contributed by atoms with van der Waals surface area (Å²) in [5.41, 5.74) is 3.04. The predicted molar refractivity (Wildman–Crippen MR) is 148 cm³/mol. The molecular formula is C31H30FN3O4. The lowest BCUT2D eigenvalue weighted by Crippen LogP contribution is -2.31. The van der Waals surface area contributed by atoms with E-state index in [-0.39, 0.29) is 17.9 Å². The van der Waals surface area contributed by atoms with E-state index in [1.54, 1.807) is 18.2 Å². The van der Waals surface area contributed by atoms with Crippen LogP contribution in [0.15, 0.2) is 82.7 Å². The number of benzene rings is 3. The summed E-state index contributed by atoms with van der Waals surface area (Å²) < 4.78 is 15.1. The Kier molecular flexibility index (Phi) is 7.28. The Labute approximate surface area is 225 Å². The maximum Gasteiger partial charge on any atom is 0.303 e. The number of fused-ring (bicyclic) bond motifs is 1. The van der Waals surface area contributed by atoms with E-state index in [1.807, 2.05) is 30.3 Å². The Balaban J connectivity index is 1.48. The van der Waals surface area contributed by atoms with Crippen LogP contribution in [0.1, 0.15) is 62.4 Å². The van der Waals surface area contributed by atoms with Crippen molar-refractivity contribution in [3.05, 3.63) is 106 Å². The van der Waals surface area contributed by atoms with Crippen LogP contribution in [-0.4, -0.2) is 31.9 Å². The molecule has 3 aromatic carbocycles. The van der Waals surface area contributed by atoms with E-state index in [4.69, 9.17) is 14.9 Å². The van der Waals surface area contributed by atoms with Crippen molar-refractivity contribution in [3.63, 3.8) is 0 Å². The van der Waals surface area contributed by atoms with E-state index in [0.29, 0.717) is 48.1 Å². The zero-order chi connectivity index (χ0) is 27.6. The fourth-order valence-corrected chi connectivity index (χ4v) is 5.03. The number of halogens is 1. The molecule has 5 rings (SSSR count). The van der Waals surface area contributed by atoms with Gasteiger partial charge in [0.05, 0.1) is 22.3 Å². The van der Waals surface area contributed by atoms with Gasteiger partial charge in [-0.15, -0.1) is 0 Å². The summed E-state index contributed by atoms with van der Waals surface area (Å²) >= 11 is 0. The second-order valence-electron chi connectivity index (χ2n) is 10.2. The Morgan fingerprint density at radius 3 is 2.56 bits per heavy atom. The second-order valence-corrected chi connectivity index (χ2v) is 10.2. The van der Waals surface area contributed by atoms with Crippen molar-refractivity contribution in [1.29, 1.82) is 0 Å². The highest BCUT2D eigenvalue weighted by Gasteiger charge is 2.40. The molecule has 7 nitrogen and oxygen atoms in total. The van der Waals surface area contributed by atoms with Gasteiger partial charge >= 0.3 is 5.97 Å². The van der Waals surface area contributed by atoms with Crippen LogP contribution < -0.4 is 5.56 Å². The largest absolute Gasteiger partial charge is 0.481 e. The predicted octanol–water partition coefficient (Wildman–Crippen LogP) is 6.01. The third-order valence-electron chi connectivity index (χ3n) is 7.50. The van der Waals surface area contributed by atoms with E-state index in [2.05, 4.69) is 31.1 Å². The van der Waals surface area contributed by atoms with Crippen LogP contribution in [0.5, 0.6) is 0 Å². The first-order chi connectivity index (χ1) is 18.7. The van der Waals surface area contributed by atoms with Gasteiger partial charge < -0.3 is 9.94 Å². The zero-order valence-electron chi connectivity index (χ0n) is 21.9. The maximum absolute atomic E-state index is 13.6. The van der Waals surface area contributed by atoms with Gasteiger partial charge in [-0.05, 0) is 61.7 Å². The van der Waals surface area contributed by atoms with Crippen molar-refractivity contribution < 1.29 is 19.1 Å². The number of carboxylic acids is 1. The fourth-order valence-electron chi connectivity index (χ4n) is 5.03. The van der Waals surface area contributed by atoms with Crippen LogP contribution in [0.3, 0.4) is 0 Å². The van der Waals surface area contributed by atoms with Crippen molar-refractivity contribution in [2.45, 2.75) is 57.5 Å². The molecule has 0 radical (unpaired) electrons. The molecule has 2 unspecified atom stereocenters. The number of aromatic nitrogens is 2. The minimum Gasteiger partial charge on any atom is -0.481 e. The lowest BCUT2D eigenvalue weighted by atomic mass is 9.81. The topological polar surface area (TPSA) is 93.8 Å². The summed E-state index contributed by atoms with van der Waals surface area (Å²) in [4.78, 5) is 35.4. The lowest BCUT2D eigenvalue weighted by molar-refractivity contribution is -0.137. The second kappa shape index (κ2) is 10.8. The summed E-state index contributed by atoms with van der Waals surface area (Å²) in [5, 5.41) is 13.8. The summed E-state index contributed by atoms with van der Waals surface area (Å²) in [6, 6.07) is 21.3. The zero-order valence-corrected chi connectivity index (χ0v) is 21.9. The number of oxime groups is 1. The average Bonchev–Trinajstić information content (AvgIpc) is 3.35. The first kappa shape index (κ1) is 26.3. The highest BCUT2D eigenvalue weighted by atomic mass is 19.1. The van der Waals surface area contributed by atoms with Crippen molar-refractivity contribution in [1.82, 2.24) is 9.55 Å². The molecule has 8 heteroatoms. The van der Waals surface area contributed by atoms with E-state index < -0.39 is 17.4 Å². The first-order valence-corrected chi connectivity index (χ1v) is 13.1. The van der Waals surface area contributed by atoms with Gasteiger partial charge in [0, 0.05) is 30.7 Å². The Bertz CT molecular complexity index is 1600. The van der Waals surface area contributed by atoms with Gasteiger partial charge in [0.15, 0.2) is 0 Å². The highest BCUT2D eigenvalue weighted by Crippen LogP contribution is 2.39. The van der Waals surface area contributed by atoms with Gasteiger partial charge in [-0.3, -0.25) is 14.2 Å². The molecule has 1 N–H and O–H groups in total. The van der Waals surface area contributed by atoms with E-state index in [9.17, 15) is 14.0 Å². The van der Waals surface area contributed by atoms with Crippen molar-refractivity contribution >= 4 is 22.6 Å². The minimum absolute atomic E-state index is 0.0402. The molecule has 0 fully saturated rings. The van der Waals surface area contributed by atoms with Crippen molar-refractivity contribution in [2.75, 3.05) is 0 Å². The van der Waals surface area contributed by atoms with E-state index >= 15 is 0 Å². The van der Waals surface area contributed by atoms with Crippen LogP contribution in [0.4, 0.5) is 4.39 Å². The number of unbranched alkanes of at least 4 members (excludes halogenated alkanes) is 1. The summed E-state index contributed by atoms with van der Waals surface area (Å²) in [6.45, 7) is 4.18. The van der Waals surface area contributed by atoms with Crippen LogP contribution >= 0.6 is 0 Å². The van der Waals surface area contributed by atoms with Crippen molar-refractivity contribution in [2.24, 2.45) is 5.16 Å². The summed E-state index contributed by atoms with van der Waals surface area (Å²) in [5.74, 6) is -0.663. The highest BCUT2D eigenvalue weighted by molar-refractivity contribution is 6.04. The molecule has 1 aromatic heterocycles. The quantitative estimate of drug-likeness (QED) is 0.269. The van der Waals surface area contributed by atoms with Crippen LogP contribution in [0.2, 0.25) is 0 Å². The summed E-state index contributed by atoms with van der Waals surface area (Å²) in [6.07, 6.45) is 2.04. The minimum atomic E-state index is -0.866. The third-order valence-corrected chi connectivity index (χ3v) is 7.50. The SMILES string of the molecule is CC(c1ccccc1)C1(C)CC(c2ccc3c(=O)n(-c4ccc(F)cc4)c(CCCCC(=O)O)nc3c2)=NO1. The lowest BCUT2D eigenvalue weighted by Gasteiger charge is -2.29. The molecule has 0 bridgehead atoms. The molecule has 1 aliphatic heterocycles. The smallest absolute Gasteiger partial charge is 0.303 e. The molecule has 0 saturated carbocycles. The normalized spacial score (nSPS) is 17.6. The average molecular weight is 528 g/mol. The number of carboxylic acid groups (broad SMARTS) is 1. The van der Waals surface area contributed by atoms with Gasteiger partial charge in [0.1, 0.15) is 17.2 Å². The molecule has 0 saturated heterocycles. The van der Waals surface area contributed by atoms with Crippen LogP contribution in [0.25, 0.3) is 16.6 Å². The van der Waals surface area contributed by atoms with Gasteiger partial charge in [-0.2, -0.15) is 0 Å². The number of aliphatic carboxylic acids is 1. The maximum atomic E-state index is 13.6. The molecule has 0 spiro atoms. The van der Waals surface area contributed by atoms with Gasteiger partial charge in [-0.1, -0.05) is 48.5 Å². The molecule has 2 heterocycles. The van der Waals surface area contributed by atoms with E-state index in [1.165, 1.54) is 22.3 Å². The van der Waals surface area contributed by atoms with Crippen LogP contribution in [-0.2, 0) is 16.1 Å². The summed E-state index contributed by atoms with van der Waals surface area (Å²) in [7, 11) is 0. The fraction of sp³-hybridized carbons (Fsp3) is 0.290. The third kappa shape index (κ3) is 5.46. The molecular weight excluding hydrogens is 497 g/mol. The number of hydrogen-bond acceptors (Lipinski definition) is 5. The Morgan fingerprint density at radius 1 is 1.10 bits per heavy atom. The molecule has 0 aliphatic carbocycles. The Morgan fingerprint density at radius 2 is 1.85 bits per heavy atom. The number of rotatable bonds is 9. The standard InChI is InChI=1S/C31H30FN3O4/c1-20(21-8-4-3-5-9-21)31(2)19-27(34-39-31)22-12-17-25-26(18-22)33-28(10-6-7-11-29(36)37)35(30(25)38)24-15-13-23(32)14-16-24/h3-5,8-9,12-18,20H,6-7,10-11,19H2,1-2H3,(H,36,37). The number of aryl methyl sites for hydroxylation is 1. The van der Waals surface area contributed by atoms with Crippen LogP contribution in [0, 0.1) is 5.82 Å². The molecule has 2 atom stereocenters. The molecule has 200 valence electrons. The number of carbonyl (C=O) groups is 1. The molecule has 4 aromatic rings. The first-order valence-electron chi connectivity index (χ1n) is 13.1. The molecule has 1 aliphatic rings. The number of hydrogen-bond donors (Lipinski definition) is 1. The monoisotopic (exact) mass is 527 g/mol. The molecule has 0 amide bonds. The Hall–Kier alpha value is -4.33.